The number of aliphatic hydroxyl groups is 1. The monoisotopic (exact) mass is 315 g/mol. The molecule has 0 aromatic heterocycles. The first-order valence-corrected chi connectivity index (χ1v) is 7.63. The third-order valence-corrected chi connectivity index (χ3v) is 4.54. The third kappa shape index (κ3) is 3.55. The predicted octanol–water partition coefficient (Wildman–Crippen LogP) is 3.12. The van der Waals surface area contributed by atoms with Gasteiger partial charge in [0, 0.05) is 12.1 Å². The van der Waals surface area contributed by atoms with Gasteiger partial charge in [-0.05, 0) is 43.4 Å². The average Bonchev–Trinajstić information content (AvgIpc) is 2.44. The minimum absolute atomic E-state index is 0.166. The van der Waals surface area contributed by atoms with Crippen LogP contribution in [0.5, 0.6) is 5.75 Å². The van der Waals surface area contributed by atoms with Gasteiger partial charge < -0.3 is 15.2 Å². The molecule has 2 unspecified atom stereocenters. The molecule has 2 heterocycles. The average molecular weight is 315 g/mol. The molecule has 0 amide bonds. The highest BCUT2D eigenvalue weighted by molar-refractivity contribution is 5.32. The molecule has 122 valence electrons. The van der Waals surface area contributed by atoms with Gasteiger partial charge in [0.15, 0.2) is 6.61 Å². The third-order valence-electron chi connectivity index (χ3n) is 4.54. The Bertz CT molecular complexity index is 503. The van der Waals surface area contributed by atoms with Crippen LogP contribution in [0.25, 0.3) is 0 Å². The highest BCUT2D eigenvalue weighted by Crippen LogP contribution is 2.40. The van der Waals surface area contributed by atoms with Crippen LogP contribution in [0.1, 0.15) is 37.7 Å². The lowest BCUT2D eigenvalue weighted by molar-refractivity contribution is -0.153. The van der Waals surface area contributed by atoms with E-state index in [9.17, 15) is 18.3 Å². The molecule has 1 aromatic carbocycles. The van der Waals surface area contributed by atoms with Gasteiger partial charge in [0.25, 0.3) is 0 Å². The van der Waals surface area contributed by atoms with E-state index in [-0.39, 0.29) is 5.75 Å². The Balaban J connectivity index is 1.69. The van der Waals surface area contributed by atoms with Crippen LogP contribution >= 0.6 is 0 Å². The molecule has 2 fully saturated rings. The number of hydrogen-bond acceptors (Lipinski definition) is 3. The standard InChI is InChI=1S/C16H20F3NO2/c17-16(18,19)10-22-14-6-4-11(5-7-14)15(21)8-12-2-1-3-13(9-15)20-12/h4-7,12-13,20-21H,1-3,8-10H2. The summed E-state index contributed by atoms with van der Waals surface area (Å²) in [6.07, 6.45) is 0.252. The van der Waals surface area contributed by atoms with Gasteiger partial charge in [0.1, 0.15) is 5.75 Å². The van der Waals surface area contributed by atoms with Crippen LogP contribution in [0.4, 0.5) is 13.2 Å². The van der Waals surface area contributed by atoms with Crippen molar-refractivity contribution in [1.29, 1.82) is 0 Å². The summed E-state index contributed by atoms with van der Waals surface area (Å²) in [7, 11) is 0. The molecule has 2 aliphatic heterocycles. The summed E-state index contributed by atoms with van der Waals surface area (Å²) in [6, 6.07) is 6.98. The van der Waals surface area contributed by atoms with E-state index in [0.29, 0.717) is 24.9 Å². The van der Waals surface area contributed by atoms with Crippen molar-refractivity contribution in [3.63, 3.8) is 0 Å². The van der Waals surface area contributed by atoms with Crippen molar-refractivity contribution >= 4 is 0 Å². The fraction of sp³-hybridized carbons (Fsp3) is 0.625. The van der Waals surface area contributed by atoms with Gasteiger partial charge in [-0.2, -0.15) is 13.2 Å². The Hall–Kier alpha value is -1.27. The van der Waals surface area contributed by atoms with E-state index in [1.165, 1.54) is 18.6 Å². The summed E-state index contributed by atoms with van der Waals surface area (Å²) in [5.74, 6) is 0.166. The summed E-state index contributed by atoms with van der Waals surface area (Å²) in [6.45, 7) is -1.30. The first-order valence-electron chi connectivity index (χ1n) is 7.63. The van der Waals surface area contributed by atoms with Gasteiger partial charge in [-0.25, -0.2) is 0 Å². The molecule has 2 bridgehead atoms. The van der Waals surface area contributed by atoms with E-state index in [4.69, 9.17) is 4.74 Å². The zero-order chi connectivity index (χ0) is 15.8. The van der Waals surface area contributed by atoms with Crippen LogP contribution in [0, 0.1) is 0 Å². The molecule has 3 nitrogen and oxygen atoms in total. The number of hydrogen-bond donors (Lipinski definition) is 2. The molecule has 0 spiro atoms. The maximum Gasteiger partial charge on any atom is 0.422 e. The second-order valence-electron chi connectivity index (χ2n) is 6.36. The summed E-state index contributed by atoms with van der Waals surface area (Å²) in [4.78, 5) is 0. The molecule has 22 heavy (non-hydrogen) atoms. The molecule has 2 N–H and O–H groups in total. The molecular weight excluding hydrogens is 295 g/mol. The fourth-order valence-electron chi connectivity index (χ4n) is 3.59. The maximum atomic E-state index is 12.1. The Morgan fingerprint density at radius 1 is 1.14 bits per heavy atom. The Morgan fingerprint density at radius 2 is 1.73 bits per heavy atom. The Morgan fingerprint density at radius 3 is 2.27 bits per heavy atom. The van der Waals surface area contributed by atoms with Crippen molar-refractivity contribution in [3.8, 4) is 5.75 Å². The largest absolute Gasteiger partial charge is 0.484 e. The Labute approximate surface area is 127 Å². The van der Waals surface area contributed by atoms with Crippen molar-refractivity contribution in [2.24, 2.45) is 0 Å². The molecule has 0 radical (unpaired) electrons. The molecule has 0 saturated carbocycles. The van der Waals surface area contributed by atoms with Crippen LogP contribution in [-0.4, -0.2) is 30.0 Å². The minimum atomic E-state index is -4.34. The fourth-order valence-corrected chi connectivity index (χ4v) is 3.59. The van der Waals surface area contributed by atoms with Crippen molar-refractivity contribution < 1.29 is 23.0 Å². The lowest BCUT2D eigenvalue weighted by atomic mass is 9.74. The van der Waals surface area contributed by atoms with Crippen LogP contribution in [0.2, 0.25) is 0 Å². The number of fused-ring (bicyclic) bond motifs is 2. The first-order chi connectivity index (χ1) is 10.3. The number of rotatable bonds is 3. The van der Waals surface area contributed by atoms with Crippen LogP contribution in [0.15, 0.2) is 24.3 Å². The number of nitrogens with one attached hydrogen (secondary N) is 1. The highest BCUT2D eigenvalue weighted by Gasteiger charge is 2.41. The van der Waals surface area contributed by atoms with Crippen molar-refractivity contribution in [3.05, 3.63) is 29.8 Å². The minimum Gasteiger partial charge on any atom is -0.484 e. The normalized spacial score (nSPS) is 31.8. The van der Waals surface area contributed by atoms with Gasteiger partial charge >= 0.3 is 6.18 Å². The zero-order valence-electron chi connectivity index (χ0n) is 12.2. The maximum absolute atomic E-state index is 12.1. The molecule has 2 saturated heterocycles. The number of piperidine rings is 2. The summed E-state index contributed by atoms with van der Waals surface area (Å²) in [5, 5.41) is 14.5. The summed E-state index contributed by atoms with van der Waals surface area (Å²) >= 11 is 0. The van der Waals surface area contributed by atoms with E-state index < -0.39 is 18.4 Å². The van der Waals surface area contributed by atoms with Gasteiger partial charge in [-0.15, -0.1) is 0 Å². The second kappa shape index (κ2) is 5.74. The number of benzene rings is 1. The van der Waals surface area contributed by atoms with E-state index in [0.717, 1.165) is 18.4 Å². The van der Waals surface area contributed by atoms with Gasteiger partial charge in [-0.1, -0.05) is 18.6 Å². The molecular formula is C16H20F3NO2. The molecule has 6 heteroatoms. The van der Waals surface area contributed by atoms with Gasteiger partial charge in [-0.3, -0.25) is 0 Å². The SMILES string of the molecule is OC1(c2ccc(OCC(F)(F)F)cc2)CC2CCCC(C1)N2. The van der Waals surface area contributed by atoms with Crippen molar-refractivity contribution in [2.45, 2.75) is 56.0 Å². The van der Waals surface area contributed by atoms with Crippen LogP contribution in [-0.2, 0) is 5.60 Å². The van der Waals surface area contributed by atoms with Crippen LogP contribution in [0.3, 0.4) is 0 Å². The van der Waals surface area contributed by atoms with E-state index in [1.807, 2.05) is 0 Å². The number of ether oxygens (including phenoxy) is 1. The molecule has 2 aliphatic rings. The zero-order valence-corrected chi connectivity index (χ0v) is 12.2. The first kappa shape index (κ1) is 15.6. The van der Waals surface area contributed by atoms with Crippen molar-refractivity contribution in [1.82, 2.24) is 5.32 Å². The smallest absolute Gasteiger partial charge is 0.422 e. The van der Waals surface area contributed by atoms with E-state index >= 15 is 0 Å². The molecule has 3 rings (SSSR count). The molecule has 1 aromatic rings. The molecule has 2 atom stereocenters. The van der Waals surface area contributed by atoms with E-state index in [2.05, 4.69) is 5.32 Å². The lowest BCUT2D eigenvalue weighted by Gasteiger charge is -2.45. The topological polar surface area (TPSA) is 41.5 Å². The van der Waals surface area contributed by atoms with Crippen LogP contribution < -0.4 is 10.1 Å². The lowest BCUT2D eigenvalue weighted by Crippen LogP contribution is -2.54. The highest BCUT2D eigenvalue weighted by atomic mass is 19.4. The summed E-state index contributed by atoms with van der Waals surface area (Å²) in [5.41, 5.74) is -0.144. The van der Waals surface area contributed by atoms with Gasteiger partial charge in [0.2, 0.25) is 0 Å². The molecule has 0 aliphatic carbocycles. The summed E-state index contributed by atoms with van der Waals surface area (Å²) < 4.78 is 41.1. The Kier molecular flexibility index (Phi) is 4.07. The van der Waals surface area contributed by atoms with E-state index in [1.54, 1.807) is 12.1 Å². The predicted molar refractivity (Wildman–Crippen MR) is 75.7 cm³/mol. The van der Waals surface area contributed by atoms with Crippen molar-refractivity contribution in [2.75, 3.05) is 6.61 Å². The van der Waals surface area contributed by atoms with Gasteiger partial charge in [0.05, 0.1) is 5.60 Å². The number of alkyl halides is 3. The number of halogens is 3. The second-order valence-corrected chi connectivity index (χ2v) is 6.36. The quantitative estimate of drug-likeness (QED) is 0.900.